The van der Waals surface area contributed by atoms with Crippen LogP contribution in [0, 0.1) is 5.92 Å². The van der Waals surface area contributed by atoms with Crippen molar-refractivity contribution in [1.82, 2.24) is 9.97 Å². The first kappa shape index (κ1) is 12.1. The molecule has 5 nitrogen and oxygen atoms in total. The number of anilines is 1. The van der Waals surface area contributed by atoms with Crippen molar-refractivity contribution < 1.29 is 9.53 Å². The zero-order valence-electron chi connectivity index (χ0n) is 9.60. The van der Waals surface area contributed by atoms with E-state index in [0.29, 0.717) is 0 Å². The molecule has 1 aliphatic heterocycles. The summed E-state index contributed by atoms with van der Waals surface area (Å²) < 4.78 is 4.75. The highest BCUT2D eigenvalue weighted by molar-refractivity contribution is 6.28. The normalized spacial score (nSPS) is 16.9. The van der Waals surface area contributed by atoms with E-state index in [-0.39, 0.29) is 17.2 Å². The van der Waals surface area contributed by atoms with Gasteiger partial charge in [-0.15, -0.1) is 0 Å². The number of carbonyl (C=O) groups excluding carboxylic acids is 1. The van der Waals surface area contributed by atoms with Crippen LogP contribution in [0.2, 0.25) is 5.28 Å². The van der Waals surface area contributed by atoms with Gasteiger partial charge in [0, 0.05) is 19.3 Å². The van der Waals surface area contributed by atoms with Crippen LogP contribution in [0.3, 0.4) is 0 Å². The van der Waals surface area contributed by atoms with Crippen molar-refractivity contribution in [2.75, 3.05) is 25.1 Å². The van der Waals surface area contributed by atoms with Crippen molar-refractivity contribution >= 4 is 23.4 Å². The lowest BCUT2D eigenvalue weighted by Crippen LogP contribution is -2.37. The molecular formula is C11H14ClN3O2. The molecular weight excluding hydrogens is 242 g/mol. The summed E-state index contributed by atoms with van der Waals surface area (Å²) in [5, 5.41) is 0.248. The summed E-state index contributed by atoms with van der Waals surface area (Å²) in [7, 11) is 1.43. The molecule has 1 fully saturated rings. The number of halogens is 1. The molecule has 1 aromatic heterocycles. The largest absolute Gasteiger partial charge is 0.469 e. The summed E-state index contributed by atoms with van der Waals surface area (Å²) in [6, 6.07) is 1.82. The van der Waals surface area contributed by atoms with E-state index >= 15 is 0 Å². The number of aromatic nitrogens is 2. The van der Waals surface area contributed by atoms with E-state index in [9.17, 15) is 4.79 Å². The summed E-state index contributed by atoms with van der Waals surface area (Å²) in [4.78, 5) is 21.5. The Morgan fingerprint density at radius 1 is 1.53 bits per heavy atom. The first-order valence-corrected chi connectivity index (χ1v) is 5.90. The van der Waals surface area contributed by atoms with Gasteiger partial charge in [0.15, 0.2) is 0 Å². The lowest BCUT2D eigenvalue weighted by Gasteiger charge is -2.31. The maximum atomic E-state index is 11.4. The number of esters is 1. The van der Waals surface area contributed by atoms with Gasteiger partial charge in [-0.25, -0.2) is 9.97 Å². The minimum Gasteiger partial charge on any atom is -0.469 e. The third-order valence-corrected chi connectivity index (χ3v) is 3.15. The molecule has 0 atom stereocenters. The van der Waals surface area contributed by atoms with Crippen LogP contribution in [-0.4, -0.2) is 36.1 Å². The number of rotatable bonds is 2. The van der Waals surface area contributed by atoms with Crippen LogP contribution in [-0.2, 0) is 9.53 Å². The van der Waals surface area contributed by atoms with Gasteiger partial charge in [0.25, 0.3) is 0 Å². The van der Waals surface area contributed by atoms with Crippen molar-refractivity contribution in [2.24, 2.45) is 5.92 Å². The van der Waals surface area contributed by atoms with Gasteiger partial charge < -0.3 is 9.64 Å². The minimum absolute atomic E-state index is 0.00793. The predicted molar refractivity (Wildman–Crippen MR) is 64.0 cm³/mol. The van der Waals surface area contributed by atoms with Crippen LogP contribution < -0.4 is 4.90 Å². The van der Waals surface area contributed by atoms with E-state index in [0.717, 1.165) is 31.7 Å². The third-order valence-electron chi connectivity index (χ3n) is 2.96. The number of hydrogen-bond acceptors (Lipinski definition) is 5. The van der Waals surface area contributed by atoms with Crippen LogP contribution in [0.5, 0.6) is 0 Å². The maximum absolute atomic E-state index is 11.4. The SMILES string of the molecule is COC(=O)C1CCN(c2ccnc(Cl)n2)CC1. The summed E-state index contributed by atoms with van der Waals surface area (Å²) in [5.41, 5.74) is 0. The van der Waals surface area contributed by atoms with Crippen LogP contribution in [0.4, 0.5) is 5.82 Å². The van der Waals surface area contributed by atoms with Crippen LogP contribution in [0.15, 0.2) is 12.3 Å². The van der Waals surface area contributed by atoms with Gasteiger partial charge in [0.1, 0.15) is 5.82 Å². The Hall–Kier alpha value is -1.36. The lowest BCUT2D eigenvalue weighted by atomic mass is 9.97. The molecule has 92 valence electrons. The molecule has 0 aliphatic carbocycles. The van der Waals surface area contributed by atoms with Crippen LogP contribution in [0.1, 0.15) is 12.8 Å². The average Bonchev–Trinajstić information content (AvgIpc) is 2.38. The monoisotopic (exact) mass is 255 g/mol. The minimum atomic E-state index is -0.120. The smallest absolute Gasteiger partial charge is 0.308 e. The summed E-state index contributed by atoms with van der Waals surface area (Å²) in [5.74, 6) is 0.701. The molecule has 17 heavy (non-hydrogen) atoms. The Morgan fingerprint density at radius 3 is 2.82 bits per heavy atom. The quantitative estimate of drug-likeness (QED) is 0.592. The second-order valence-electron chi connectivity index (χ2n) is 3.97. The molecule has 0 radical (unpaired) electrons. The highest BCUT2D eigenvalue weighted by Gasteiger charge is 2.26. The number of nitrogens with zero attached hydrogens (tertiary/aromatic N) is 3. The lowest BCUT2D eigenvalue weighted by molar-refractivity contribution is -0.146. The third kappa shape index (κ3) is 2.85. The zero-order chi connectivity index (χ0) is 12.3. The molecule has 1 saturated heterocycles. The molecule has 0 spiro atoms. The molecule has 1 aliphatic rings. The Kier molecular flexibility index (Phi) is 3.78. The van der Waals surface area contributed by atoms with Crippen molar-refractivity contribution in [3.8, 4) is 0 Å². The molecule has 0 saturated carbocycles. The fourth-order valence-electron chi connectivity index (χ4n) is 2.01. The van der Waals surface area contributed by atoms with Crippen molar-refractivity contribution in [2.45, 2.75) is 12.8 Å². The molecule has 2 rings (SSSR count). The van der Waals surface area contributed by atoms with Crippen molar-refractivity contribution in [3.05, 3.63) is 17.5 Å². The van der Waals surface area contributed by atoms with Gasteiger partial charge in [0.05, 0.1) is 13.0 Å². The van der Waals surface area contributed by atoms with Gasteiger partial charge in [0.2, 0.25) is 5.28 Å². The Morgan fingerprint density at radius 2 is 2.24 bits per heavy atom. The molecule has 6 heteroatoms. The highest BCUT2D eigenvalue weighted by Crippen LogP contribution is 2.22. The van der Waals surface area contributed by atoms with Crippen LogP contribution >= 0.6 is 11.6 Å². The van der Waals surface area contributed by atoms with E-state index in [1.54, 1.807) is 6.20 Å². The van der Waals surface area contributed by atoms with Gasteiger partial charge in [-0.1, -0.05) is 0 Å². The van der Waals surface area contributed by atoms with Gasteiger partial charge in [-0.3, -0.25) is 4.79 Å². The van der Waals surface area contributed by atoms with Crippen LogP contribution in [0.25, 0.3) is 0 Å². The van der Waals surface area contributed by atoms with Gasteiger partial charge in [-0.05, 0) is 30.5 Å². The number of hydrogen-bond donors (Lipinski definition) is 0. The average molecular weight is 256 g/mol. The van der Waals surface area contributed by atoms with Gasteiger partial charge in [-0.2, -0.15) is 0 Å². The number of ether oxygens (including phenoxy) is 1. The second-order valence-corrected chi connectivity index (χ2v) is 4.31. The van der Waals surface area contributed by atoms with E-state index in [4.69, 9.17) is 16.3 Å². The standard InChI is InChI=1S/C11H14ClN3O2/c1-17-10(16)8-3-6-15(7-4-8)9-2-5-13-11(12)14-9/h2,5,8H,3-4,6-7H2,1H3. The van der Waals surface area contributed by atoms with E-state index < -0.39 is 0 Å². The Balaban J connectivity index is 1.97. The molecule has 0 aromatic carbocycles. The molecule has 0 bridgehead atoms. The fourth-order valence-corrected chi connectivity index (χ4v) is 2.16. The molecule has 0 amide bonds. The number of methoxy groups -OCH3 is 1. The zero-order valence-corrected chi connectivity index (χ0v) is 10.4. The first-order chi connectivity index (χ1) is 8.20. The summed E-state index contributed by atoms with van der Waals surface area (Å²) in [6.45, 7) is 1.57. The van der Waals surface area contributed by atoms with Crippen molar-refractivity contribution in [3.63, 3.8) is 0 Å². The Bertz CT molecular complexity index is 405. The van der Waals surface area contributed by atoms with E-state index in [1.165, 1.54) is 7.11 Å². The molecule has 1 aromatic rings. The molecule has 2 heterocycles. The summed E-state index contributed by atoms with van der Waals surface area (Å²) in [6.07, 6.45) is 3.21. The topological polar surface area (TPSA) is 55.3 Å². The second kappa shape index (κ2) is 5.31. The number of piperidine rings is 1. The maximum Gasteiger partial charge on any atom is 0.308 e. The van der Waals surface area contributed by atoms with Gasteiger partial charge >= 0.3 is 5.97 Å². The van der Waals surface area contributed by atoms with E-state index in [1.807, 2.05) is 6.07 Å². The molecule has 0 unspecified atom stereocenters. The fraction of sp³-hybridized carbons (Fsp3) is 0.545. The van der Waals surface area contributed by atoms with E-state index in [2.05, 4.69) is 14.9 Å². The summed E-state index contributed by atoms with van der Waals surface area (Å²) >= 11 is 5.74. The highest BCUT2D eigenvalue weighted by atomic mass is 35.5. The number of carbonyl (C=O) groups is 1. The predicted octanol–water partition coefficient (Wildman–Crippen LogP) is 1.52. The van der Waals surface area contributed by atoms with Crippen molar-refractivity contribution in [1.29, 1.82) is 0 Å². The Labute approximate surface area is 105 Å². The molecule has 0 N–H and O–H groups in total. The first-order valence-electron chi connectivity index (χ1n) is 5.52.